The molecule has 0 spiro atoms. The molecule has 0 atom stereocenters. The zero-order valence-corrected chi connectivity index (χ0v) is 13.5. The SMILES string of the molecule is CC(C)C(=O)c1ccc(-c2ccc(C(=O)C=CC(=O)O)cc2)cc1. The van der Waals surface area contributed by atoms with Crippen LogP contribution in [0.5, 0.6) is 0 Å². The van der Waals surface area contributed by atoms with Gasteiger partial charge in [-0.3, -0.25) is 9.59 Å². The number of benzene rings is 2. The van der Waals surface area contributed by atoms with E-state index in [1.807, 2.05) is 26.0 Å². The Morgan fingerprint density at radius 3 is 1.67 bits per heavy atom. The van der Waals surface area contributed by atoms with Crippen molar-refractivity contribution in [2.75, 3.05) is 0 Å². The molecule has 0 saturated carbocycles. The van der Waals surface area contributed by atoms with Gasteiger partial charge in [0, 0.05) is 23.1 Å². The van der Waals surface area contributed by atoms with Crippen LogP contribution >= 0.6 is 0 Å². The normalized spacial score (nSPS) is 11.0. The van der Waals surface area contributed by atoms with E-state index in [-0.39, 0.29) is 17.5 Å². The van der Waals surface area contributed by atoms with Gasteiger partial charge in [0.2, 0.25) is 0 Å². The number of rotatable bonds is 6. The number of ketones is 2. The molecule has 0 aliphatic heterocycles. The highest BCUT2D eigenvalue weighted by Crippen LogP contribution is 2.21. The van der Waals surface area contributed by atoms with Crippen LogP contribution in [-0.4, -0.2) is 22.6 Å². The molecule has 2 aromatic carbocycles. The molecule has 0 bridgehead atoms. The van der Waals surface area contributed by atoms with E-state index < -0.39 is 5.97 Å². The van der Waals surface area contributed by atoms with Crippen LogP contribution in [0.4, 0.5) is 0 Å². The largest absolute Gasteiger partial charge is 0.478 e. The van der Waals surface area contributed by atoms with E-state index >= 15 is 0 Å². The number of hydrogen-bond acceptors (Lipinski definition) is 3. The van der Waals surface area contributed by atoms with Crippen molar-refractivity contribution >= 4 is 17.5 Å². The minimum Gasteiger partial charge on any atom is -0.478 e. The second kappa shape index (κ2) is 7.51. The smallest absolute Gasteiger partial charge is 0.328 e. The lowest BCUT2D eigenvalue weighted by atomic mass is 9.97. The Morgan fingerprint density at radius 2 is 1.25 bits per heavy atom. The molecule has 0 fully saturated rings. The molecule has 0 radical (unpaired) electrons. The first-order chi connectivity index (χ1) is 11.4. The Balaban J connectivity index is 2.17. The first-order valence-electron chi connectivity index (χ1n) is 7.58. The van der Waals surface area contributed by atoms with Crippen LogP contribution < -0.4 is 0 Å². The first kappa shape index (κ1) is 17.3. The minimum absolute atomic E-state index is 0.0417. The van der Waals surface area contributed by atoms with Gasteiger partial charge >= 0.3 is 5.97 Å². The monoisotopic (exact) mass is 322 g/mol. The molecule has 0 aromatic heterocycles. The second-order valence-electron chi connectivity index (χ2n) is 5.71. The number of hydrogen-bond donors (Lipinski definition) is 1. The summed E-state index contributed by atoms with van der Waals surface area (Å²) in [6.45, 7) is 3.73. The van der Waals surface area contributed by atoms with Crippen molar-refractivity contribution in [1.82, 2.24) is 0 Å². The number of allylic oxidation sites excluding steroid dienone is 1. The fourth-order valence-corrected chi connectivity index (χ4v) is 2.23. The van der Waals surface area contributed by atoms with Gasteiger partial charge in [0.15, 0.2) is 11.6 Å². The van der Waals surface area contributed by atoms with Gasteiger partial charge in [-0.15, -0.1) is 0 Å². The third-order valence-corrected chi connectivity index (χ3v) is 3.57. The molecule has 4 heteroatoms. The van der Waals surface area contributed by atoms with Crippen molar-refractivity contribution in [2.45, 2.75) is 13.8 Å². The topological polar surface area (TPSA) is 71.4 Å². The molecule has 24 heavy (non-hydrogen) atoms. The summed E-state index contributed by atoms with van der Waals surface area (Å²) < 4.78 is 0. The molecule has 2 aromatic rings. The lowest BCUT2D eigenvalue weighted by Crippen LogP contribution is -2.06. The summed E-state index contributed by atoms with van der Waals surface area (Å²) in [6.07, 6.45) is 1.85. The lowest BCUT2D eigenvalue weighted by molar-refractivity contribution is -0.131. The maximum absolute atomic E-state index is 11.9. The number of carbonyl (C=O) groups is 3. The zero-order valence-electron chi connectivity index (χ0n) is 13.5. The summed E-state index contributed by atoms with van der Waals surface area (Å²) in [7, 11) is 0. The molecule has 4 nitrogen and oxygen atoms in total. The van der Waals surface area contributed by atoms with Gasteiger partial charge in [-0.25, -0.2) is 4.79 Å². The van der Waals surface area contributed by atoms with Crippen LogP contribution in [0.2, 0.25) is 0 Å². The summed E-state index contributed by atoms with van der Waals surface area (Å²) in [6, 6.07) is 14.2. The molecule has 2 rings (SSSR count). The Labute approximate surface area is 140 Å². The van der Waals surface area contributed by atoms with Gasteiger partial charge in [-0.1, -0.05) is 62.4 Å². The van der Waals surface area contributed by atoms with Gasteiger partial charge in [0.05, 0.1) is 0 Å². The highest BCUT2D eigenvalue weighted by molar-refractivity contribution is 6.07. The Morgan fingerprint density at radius 1 is 0.792 bits per heavy atom. The van der Waals surface area contributed by atoms with Gasteiger partial charge in [0.1, 0.15) is 0 Å². The summed E-state index contributed by atoms with van der Waals surface area (Å²) in [5.74, 6) is -1.45. The second-order valence-corrected chi connectivity index (χ2v) is 5.71. The molecule has 0 aliphatic carbocycles. The number of aliphatic carboxylic acids is 1. The average molecular weight is 322 g/mol. The Kier molecular flexibility index (Phi) is 5.42. The van der Waals surface area contributed by atoms with Crippen molar-refractivity contribution in [3.8, 4) is 11.1 Å². The molecule has 0 aliphatic rings. The number of carboxylic acids is 1. The summed E-state index contributed by atoms with van der Waals surface area (Å²) in [4.78, 5) is 34.2. The standard InChI is InChI=1S/C20H18O4/c1-13(2)20(24)17-9-5-15(6-10-17)14-3-7-16(8-4-14)18(21)11-12-19(22)23/h3-13H,1-2H3,(H,22,23). The first-order valence-corrected chi connectivity index (χ1v) is 7.58. The highest BCUT2D eigenvalue weighted by Gasteiger charge is 2.10. The van der Waals surface area contributed by atoms with E-state index in [4.69, 9.17) is 5.11 Å². The number of Topliss-reactive ketones (excluding diaryl/α,β-unsaturated/α-hetero) is 1. The van der Waals surface area contributed by atoms with Crippen LogP contribution in [0.3, 0.4) is 0 Å². The van der Waals surface area contributed by atoms with E-state index in [0.717, 1.165) is 23.3 Å². The van der Waals surface area contributed by atoms with Crippen LogP contribution in [0, 0.1) is 5.92 Å². The van der Waals surface area contributed by atoms with E-state index in [1.54, 1.807) is 36.4 Å². The van der Waals surface area contributed by atoms with Gasteiger partial charge in [0.25, 0.3) is 0 Å². The number of carboxylic acid groups (broad SMARTS) is 1. The van der Waals surface area contributed by atoms with Gasteiger partial charge < -0.3 is 5.11 Å². The van der Waals surface area contributed by atoms with Crippen LogP contribution in [0.1, 0.15) is 34.6 Å². The number of carbonyl (C=O) groups excluding carboxylic acids is 2. The van der Waals surface area contributed by atoms with Crippen LogP contribution in [0.15, 0.2) is 60.7 Å². The predicted octanol–water partition coefficient (Wildman–Crippen LogP) is 4.02. The van der Waals surface area contributed by atoms with Gasteiger partial charge in [-0.05, 0) is 17.2 Å². The summed E-state index contributed by atoms with van der Waals surface area (Å²) in [5.41, 5.74) is 2.95. The van der Waals surface area contributed by atoms with E-state index in [0.29, 0.717) is 11.1 Å². The maximum Gasteiger partial charge on any atom is 0.328 e. The average Bonchev–Trinajstić information content (AvgIpc) is 2.59. The maximum atomic E-state index is 11.9. The molecule has 122 valence electrons. The molecule has 0 unspecified atom stereocenters. The molecule has 0 heterocycles. The van der Waals surface area contributed by atoms with Crippen LogP contribution in [0.25, 0.3) is 11.1 Å². The Bertz CT molecular complexity index is 781. The molecule has 0 saturated heterocycles. The minimum atomic E-state index is -1.16. The van der Waals surface area contributed by atoms with E-state index in [1.165, 1.54) is 0 Å². The van der Waals surface area contributed by atoms with E-state index in [2.05, 4.69) is 0 Å². The van der Waals surface area contributed by atoms with E-state index in [9.17, 15) is 14.4 Å². The third-order valence-electron chi connectivity index (χ3n) is 3.57. The van der Waals surface area contributed by atoms with Crippen LogP contribution in [-0.2, 0) is 4.79 Å². The fourth-order valence-electron chi connectivity index (χ4n) is 2.23. The highest BCUT2D eigenvalue weighted by atomic mass is 16.4. The third kappa shape index (κ3) is 4.26. The predicted molar refractivity (Wildman–Crippen MR) is 92.2 cm³/mol. The summed E-state index contributed by atoms with van der Waals surface area (Å²) in [5, 5.41) is 8.53. The van der Waals surface area contributed by atoms with Crippen molar-refractivity contribution in [3.05, 3.63) is 71.8 Å². The molecule has 0 amide bonds. The molecule has 1 N–H and O–H groups in total. The Hall–Kier alpha value is -3.01. The quantitative estimate of drug-likeness (QED) is 0.644. The van der Waals surface area contributed by atoms with Crippen molar-refractivity contribution in [3.63, 3.8) is 0 Å². The zero-order chi connectivity index (χ0) is 17.7. The van der Waals surface area contributed by atoms with Crippen molar-refractivity contribution in [1.29, 1.82) is 0 Å². The lowest BCUT2D eigenvalue weighted by Gasteiger charge is -2.06. The fraction of sp³-hybridized carbons (Fsp3) is 0.150. The van der Waals surface area contributed by atoms with Crippen molar-refractivity contribution < 1.29 is 19.5 Å². The van der Waals surface area contributed by atoms with Gasteiger partial charge in [-0.2, -0.15) is 0 Å². The molecular formula is C20H18O4. The van der Waals surface area contributed by atoms with Crippen molar-refractivity contribution in [2.24, 2.45) is 5.92 Å². The molecular weight excluding hydrogens is 304 g/mol. The summed E-state index contributed by atoms with van der Waals surface area (Å²) >= 11 is 0.